The van der Waals surface area contributed by atoms with Crippen LogP contribution in [0.2, 0.25) is 0 Å². The first-order valence-corrected chi connectivity index (χ1v) is 16.7. The largest absolute Gasteiger partial charge is 0.416 e. The summed E-state index contributed by atoms with van der Waals surface area (Å²) in [6.45, 7) is -11.2. The molecule has 0 bridgehead atoms. The molecule has 1 fully saturated rings. The summed E-state index contributed by atoms with van der Waals surface area (Å²) in [5, 5.41) is -1.13. The van der Waals surface area contributed by atoms with Crippen LogP contribution < -0.4 is 5.43 Å². The molecule has 0 radical (unpaired) electrons. The van der Waals surface area contributed by atoms with E-state index in [0.29, 0.717) is 22.9 Å². The third-order valence-corrected chi connectivity index (χ3v) is 9.40. The number of hydrogen-bond donors (Lipinski definition) is 0. The van der Waals surface area contributed by atoms with Gasteiger partial charge in [-0.1, -0.05) is 60.6 Å². The fourth-order valence-electron chi connectivity index (χ4n) is 5.69. The number of fused-ring (bicyclic) bond motifs is 1. The highest BCUT2D eigenvalue weighted by Crippen LogP contribution is 2.32. The molecule has 1 aliphatic rings. The van der Waals surface area contributed by atoms with Crippen LogP contribution in [-0.4, -0.2) is 59.5 Å². The van der Waals surface area contributed by atoms with Crippen molar-refractivity contribution < 1.29 is 50.7 Å². The van der Waals surface area contributed by atoms with Crippen molar-refractivity contribution in [1.82, 2.24) is 14.4 Å². The van der Waals surface area contributed by atoms with E-state index >= 15 is 4.79 Å². The van der Waals surface area contributed by atoms with Gasteiger partial charge >= 0.3 is 6.18 Å². The number of thioether (sulfide) groups is 1. The van der Waals surface area contributed by atoms with Crippen molar-refractivity contribution in [1.29, 1.82) is 0 Å². The maximum atomic E-state index is 15.0. The third kappa shape index (κ3) is 8.74. The number of likely N-dealkylation sites (tertiary alicyclic amines) is 1. The number of piperidine rings is 1. The van der Waals surface area contributed by atoms with Crippen LogP contribution in [0.15, 0.2) is 107 Å². The maximum Gasteiger partial charge on any atom is 0.416 e. The van der Waals surface area contributed by atoms with Crippen LogP contribution in [0.5, 0.6) is 0 Å². The molecule has 0 atom stereocenters. The van der Waals surface area contributed by atoms with E-state index in [-0.39, 0.29) is 24.0 Å². The Morgan fingerprint density at radius 1 is 1.02 bits per heavy atom. The number of carbonyl (C=O) groups excluding carboxylic acids is 1. The second kappa shape index (κ2) is 16.4. The Kier molecular flexibility index (Phi) is 7.34. The van der Waals surface area contributed by atoms with Crippen LogP contribution in [0.25, 0.3) is 22.0 Å². The minimum Gasteiger partial charge on any atom is -0.383 e. The maximum absolute atomic E-state index is 15.0. The topological polar surface area (TPSA) is 54.8 Å². The van der Waals surface area contributed by atoms with Gasteiger partial charge in [0.15, 0.2) is 17.1 Å². The molecular weight excluding hydrogens is 698 g/mol. The lowest BCUT2D eigenvalue weighted by molar-refractivity contribution is -0.137. The number of rotatable bonds is 12. The number of ether oxygens (including phenoxy) is 1. The highest BCUT2D eigenvalue weighted by molar-refractivity contribution is 7.98. The zero-order valence-electron chi connectivity index (χ0n) is 41.0. The van der Waals surface area contributed by atoms with E-state index in [2.05, 4.69) is 4.74 Å². The van der Waals surface area contributed by atoms with E-state index in [1.807, 2.05) is 0 Å². The summed E-state index contributed by atoms with van der Waals surface area (Å²) in [5.74, 6) is -4.08. The second-order valence-electron chi connectivity index (χ2n) is 11.6. The van der Waals surface area contributed by atoms with E-state index < -0.39 is 139 Å². The molecule has 4 aromatic carbocycles. The first-order valence-electron chi connectivity index (χ1n) is 22.7. The molecule has 0 spiro atoms. The average molecular weight is 750 g/mol. The average Bonchev–Trinajstić information content (AvgIpc) is 3.23. The van der Waals surface area contributed by atoms with Gasteiger partial charge in [-0.05, 0) is 59.8 Å². The SMILES string of the molecule is [2H]c1c([2H])c([2H])c2c(c1[2H])c(=O)c([2H])c(SCc1cccc(F)c1F)n2CC(=O)N(C1CCN(C([2H])([2H])C([2H])([2H])OC([2H])([2H])[2H])CC1)C([2H])([2H])c1ccc(-c2ccc(C(F)(F)F)cc2)cc1. The first-order chi connectivity index (χ1) is 30.5. The lowest BCUT2D eigenvalue weighted by Gasteiger charge is -2.39. The van der Waals surface area contributed by atoms with E-state index in [1.54, 1.807) is 0 Å². The van der Waals surface area contributed by atoms with E-state index in [4.69, 9.17) is 16.4 Å². The number of para-hydroxylation sites is 1. The van der Waals surface area contributed by atoms with Gasteiger partial charge in [0.05, 0.1) is 39.1 Å². The Morgan fingerprint density at radius 3 is 2.40 bits per heavy atom. The molecule has 0 saturated carbocycles. The number of pyridine rings is 1. The standard InChI is InChI=1S/C40H38F5N3O3S/c1-51-22-21-46-19-17-32(18-20-46)47(24-27-9-11-28(12-10-27)29-13-15-31(16-14-29)40(43,44)45)37(50)25-48-35-8-3-2-6-33(35)36(49)23-38(48)52-26-30-5-4-7-34(41)39(30)42/h2-16,23,32H,17-22,24-26H2,1H3/i1D3,2D,3D,6D,8D,21D2,22D2,23D,24D2. The summed E-state index contributed by atoms with van der Waals surface area (Å²) < 4.78 is 191. The highest BCUT2D eigenvalue weighted by atomic mass is 32.2. The Labute approximate surface area is 322 Å². The number of aromatic nitrogens is 1. The molecule has 1 saturated heterocycles. The molecule has 1 aliphatic heterocycles. The molecule has 0 aliphatic carbocycles. The summed E-state index contributed by atoms with van der Waals surface area (Å²) in [7, 11) is -3.34. The normalized spacial score (nSPS) is 19.2. The quantitative estimate of drug-likeness (QED) is 0.0948. The van der Waals surface area contributed by atoms with Gasteiger partial charge in [-0.15, -0.1) is 11.8 Å². The van der Waals surface area contributed by atoms with Crippen LogP contribution in [0.3, 0.4) is 0 Å². The van der Waals surface area contributed by atoms with Gasteiger partial charge in [-0.2, -0.15) is 13.2 Å². The smallest absolute Gasteiger partial charge is 0.383 e. The Hall–Kier alpha value is -4.52. The lowest BCUT2D eigenvalue weighted by atomic mass is 10.00. The fourth-order valence-corrected chi connectivity index (χ4v) is 6.68. The van der Waals surface area contributed by atoms with E-state index in [9.17, 15) is 29.5 Å². The van der Waals surface area contributed by atoms with Crippen LogP contribution in [-0.2, 0) is 34.5 Å². The van der Waals surface area contributed by atoms with Gasteiger partial charge in [0, 0.05) is 64.6 Å². The molecule has 0 N–H and O–H groups in total. The molecule has 52 heavy (non-hydrogen) atoms. The number of nitrogens with zero attached hydrogens (tertiary/aromatic N) is 3. The Balaban J connectivity index is 1.46. The zero-order chi connectivity index (χ0) is 49.1. The zero-order valence-corrected chi connectivity index (χ0v) is 27.9. The predicted octanol–water partition coefficient (Wildman–Crippen LogP) is 8.40. The van der Waals surface area contributed by atoms with Gasteiger partial charge in [0.25, 0.3) is 0 Å². The van der Waals surface area contributed by atoms with Gasteiger partial charge in [0.1, 0.15) is 6.54 Å². The van der Waals surface area contributed by atoms with Crippen molar-refractivity contribution in [2.45, 2.75) is 48.9 Å². The van der Waals surface area contributed by atoms with Crippen LogP contribution in [0.1, 0.15) is 48.7 Å². The molecule has 12 heteroatoms. The van der Waals surface area contributed by atoms with Crippen molar-refractivity contribution in [3.63, 3.8) is 0 Å². The molecular formula is C40H38F5N3O3S. The number of methoxy groups -OCH3 is 1. The number of carbonyl (C=O) groups is 1. The number of amides is 1. The number of halogens is 5. The van der Waals surface area contributed by atoms with Crippen LogP contribution in [0.4, 0.5) is 22.0 Å². The molecule has 6 rings (SSSR count). The third-order valence-electron chi connectivity index (χ3n) is 8.35. The van der Waals surface area contributed by atoms with Crippen molar-refractivity contribution in [3.8, 4) is 11.1 Å². The van der Waals surface area contributed by atoms with Crippen LogP contribution in [0, 0.1) is 11.6 Å². The Bertz CT molecular complexity index is 2720. The van der Waals surface area contributed by atoms with Gasteiger partial charge in [0.2, 0.25) is 5.91 Å². The molecule has 0 unspecified atom stereocenters. The van der Waals surface area contributed by atoms with Crippen molar-refractivity contribution in [2.24, 2.45) is 0 Å². The lowest BCUT2D eigenvalue weighted by Crippen LogP contribution is -2.48. The van der Waals surface area contributed by atoms with Gasteiger partial charge < -0.3 is 19.1 Å². The van der Waals surface area contributed by atoms with Gasteiger partial charge in [-0.3, -0.25) is 9.59 Å². The van der Waals surface area contributed by atoms with E-state index in [0.717, 1.165) is 32.6 Å². The summed E-state index contributed by atoms with van der Waals surface area (Å²) in [5.41, 5.74) is -2.39. The number of alkyl halides is 3. The molecule has 6 nitrogen and oxygen atoms in total. The molecule has 272 valence electrons. The predicted molar refractivity (Wildman–Crippen MR) is 193 cm³/mol. The van der Waals surface area contributed by atoms with Crippen molar-refractivity contribution >= 4 is 28.6 Å². The summed E-state index contributed by atoms with van der Waals surface area (Å²) >= 11 is 0.561. The highest BCUT2D eigenvalue weighted by Gasteiger charge is 2.31. The van der Waals surface area contributed by atoms with Crippen LogP contribution >= 0.6 is 11.8 Å². The molecule has 1 amide bonds. The van der Waals surface area contributed by atoms with Crippen molar-refractivity contribution in [2.75, 3.05) is 33.2 Å². The first kappa shape index (κ1) is 23.2. The summed E-state index contributed by atoms with van der Waals surface area (Å²) in [4.78, 5) is 30.4. The summed E-state index contributed by atoms with van der Waals surface area (Å²) in [6.07, 6.45) is -5.17. The molecule has 1 aromatic heterocycles. The monoisotopic (exact) mass is 749 g/mol. The minimum atomic E-state index is -4.60. The second-order valence-corrected chi connectivity index (χ2v) is 12.6. The fraction of sp³-hybridized carbons (Fsp3) is 0.300. The minimum absolute atomic E-state index is 0.185. The molecule has 5 aromatic rings. The summed E-state index contributed by atoms with van der Waals surface area (Å²) in [6, 6.07) is 7.28. The number of hydrogen-bond acceptors (Lipinski definition) is 5. The van der Waals surface area contributed by atoms with E-state index in [1.165, 1.54) is 48.5 Å². The number of benzene rings is 4. The molecule has 2 heterocycles. The van der Waals surface area contributed by atoms with Crippen molar-refractivity contribution in [3.05, 3.63) is 135 Å². The Morgan fingerprint density at radius 2 is 1.71 bits per heavy atom. The van der Waals surface area contributed by atoms with Gasteiger partial charge in [-0.25, -0.2) is 8.78 Å².